The highest BCUT2D eigenvalue weighted by Gasteiger charge is 2.15. The molecular weight excluding hydrogens is 338 g/mol. The smallest absolute Gasteiger partial charge is 0.213 e. The molecule has 0 saturated heterocycles. The molecule has 0 unspecified atom stereocenters. The molecule has 2 aromatic rings. The zero-order valence-electron chi connectivity index (χ0n) is 16.0. The molecule has 1 aliphatic carbocycles. The SMILES string of the molecule is CCNC(=NCc1ccc(OC2CCCCC2)nc1)NCc1ccccn1. The minimum absolute atomic E-state index is 0.325. The normalized spacial score (nSPS) is 15.4. The first-order valence-corrected chi connectivity index (χ1v) is 9.87. The second-order valence-electron chi connectivity index (χ2n) is 6.75. The Bertz CT molecular complexity index is 696. The highest BCUT2D eigenvalue weighted by atomic mass is 16.5. The van der Waals surface area contributed by atoms with Crippen LogP contribution in [0.1, 0.15) is 50.3 Å². The van der Waals surface area contributed by atoms with Gasteiger partial charge in [0, 0.05) is 25.0 Å². The summed E-state index contributed by atoms with van der Waals surface area (Å²) in [6, 6.07) is 9.88. The number of guanidine groups is 1. The van der Waals surface area contributed by atoms with E-state index in [1.54, 1.807) is 6.20 Å². The largest absolute Gasteiger partial charge is 0.474 e. The van der Waals surface area contributed by atoms with Gasteiger partial charge < -0.3 is 15.4 Å². The van der Waals surface area contributed by atoms with Crippen LogP contribution in [0.15, 0.2) is 47.7 Å². The van der Waals surface area contributed by atoms with Gasteiger partial charge in [-0.05, 0) is 50.3 Å². The van der Waals surface area contributed by atoms with Gasteiger partial charge in [-0.3, -0.25) is 4.98 Å². The summed E-state index contributed by atoms with van der Waals surface area (Å²) >= 11 is 0. The summed E-state index contributed by atoms with van der Waals surface area (Å²) in [6.07, 6.45) is 10.1. The van der Waals surface area contributed by atoms with Crippen LogP contribution in [0.5, 0.6) is 5.88 Å². The molecule has 6 nitrogen and oxygen atoms in total. The van der Waals surface area contributed by atoms with Crippen LogP contribution in [-0.2, 0) is 13.1 Å². The number of hydrogen-bond donors (Lipinski definition) is 2. The number of aromatic nitrogens is 2. The van der Waals surface area contributed by atoms with Crippen LogP contribution in [0.2, 0.25) is 0 Å². The predicted molar refractivity (Wildman–Crippen MR) is 108 cm³/mol. The number of pyridine rings is 2. The van der Waals surface area contributed by atoms with E-state index in [4.69, 9.17) is 4.74 Å². The van der Waals surface area contributed by atoms with Gasteiger partial charge in [0.15, 0.2) is 5.96 Å². The van der Waals surface area contributed by atoms with Crippen LogP contribution in [0.3, 0.4) is 0 Å². The van der Waals surface area contributed by atoms with Crippen LogP contribution < -0.4 is 15.4 Å². The molecule has 2 aromatic heterocycles. The molecule has 0 spiro atoms. The first kappa shape index (κ1) is 19.1. The summed E-state index contributed by atoms with van der Waals surface area (Å²) in [6.45, 7) is 4.06. The fraction of sp³-hybridized carbons (Fsp3) is 0.476. The van der Waals surface area contributed by atoms with E-state index in [0.29, 0.717) is 19.2 Å². The topological polar surface area (TPSA) is 71.4 Å². The summed E-state index contributed by atoms with van der Waals surface area (Å²) in [7, 11) is 0. The van der Waals surface area contributed by atoms with Crippen molar-refractivity contribution in [3.8, 4) is 5.88 Å². The third-order valence-electron chi connectivity index (χ3n) is 4.56. The van der Waals surface area contributed by atoms with Gasteiger partial charge in [-0.2, -0.15) is 0 Å². The van der Waals surface area contributed by atoms with Crippen molar-refractivity contribution >= 4 is 5.96 Å². The molecule has 1 saturated carbocycles. The zero-order valence-corrected chi connectivity index (χ0v) is 16.0. The third kappa shape index (κ3) is 6.55. The Morgan fingerprint density at radius 2 is 2.00 bits per heavy atom. The third-order valence-corrected chi connectivity index (χ3v) is 4.56. The minimum atomic E-state index is 0.325. The Morgan fingerprint density at radius 3 is 2.70 bits per heavy atom. The molecule has 0 aliphatic heterocycles. The van der Waals surface area contributed by atoms with Crippen LogP contribution in [0, 0.1) is 0 Å². The first-order chi connectivity index (χ1) is 13.3. The second kappa shape index (κ2) is 10.5. The average molecular weight is 367 g/mol. The Morgan fingerprint density at radius 1 is 1.11 bits per heavy atom. The van der Waals surface area contributed by atoms with Gasteiger partial charge in [0.2, 0.25) is 5.88 Å². The van der Waals surface area contributed by atoms with E-state index in [1.807, 2.05) is 36.5 Å². The van der Waals surface area contributed by atoms with E-state index in [9.17, 15) is 0 Å². The summed E-state index contributed by atoms with van der Waals surface area (Å²) in [5.41, 5.74) is 2.04. The van der Waals surface area contributed by atoms with E-state index >= 15 is 0 Å². The van der Waals surface area contributed by atoms with E-state index in [2.05, 4.69) is 32.5 Å². The van der Waals surface area contributed by atoms with Crippen molar-refractivity contribution in [1.82, 2.24) is 20.6 Å². The number of rotatable bonds is 7. The standard InChI is InChI=1S/C21H29N5O/c1-2-22-21(26-16-18-8-6-7-13-23-18)25-15-17-11-12-20(24-14-17)27-19-9-4-3-5-10-19/h6-8,11-14,19H,2-5,9-10,15-16H2,1H3,(H2,22,25,26). The molecule has 6 heteroatoms. The zero-order chi connectivity index (χ0) is 18.7. The molecule has 0 amide bonds. The number of ether oxygens (including phenoxy) is 1. The molecule has 144 valence electrons. The van der Waals surface area contributed by atoms with Gasteiger partial charge in [0.05, 0.1) is 18.8 Å². The summed E-state index contributed by atoms with van der Waals surface area (Å²) in [5, 5.41) is 6.56. The van der Waals surface area contributed by atoms with Gasteiger partial charge in [-0.1, -0.05) is 18.6 Å². The Labute approximate surface area is 161 Å². The molecule has 2 heterocycles. The van der Waals surface area contributed by atoms with E-state index in [0.717, 1.165) is 42.5 Å². The Kier molecular flexibility index (Phi) is 7.45. The molecule has 0 aromatic carbocycles. The number of hydrogen-bond acceptors (Lipinski definition) is 4. The number of nitrogens with zero attached hydrogens (tertiary/aromatic N) is 3. The molecule has 0 radical (unpaired) electrons. The van der Waals surface area contributed by atoms with Crippen molar-refractivity contribution in [2.75, 3.05) is 6.54 Å². The molecule has 1 fully saturated rings. The van der Waals surface area contributed by atoms with E-state index in [1.165, 1.54) is 19.3 Å². The number of aliphatic imine (C=N–C) groups is 1. The van der Waals surface area contributed by atoms with Crippen LogP contribution in [0.4, 0.5) is 0 Å². The summed E-state index contributed by atoms with van der Waals surface area (Å²) in [5.74, 6) is 1.49. The lowest BCUT2D eigenvalue weighted by Crippen LogP contribution is -2.37. The lowest BCUT2D eigenvalue weighted by molar-refractivity contribution is 0.148. The molecule has 1 aliphatic rings. The quantitative estimate of drug-likeness (QED) is 0.579. The molecule has 3 rings (SSSR count). The second-order valence-corrected chi connectivity index (χ2v) is 6.75. The molecule has 0 atom stereocenters. The van der Waals surface area contributed by atoms with Crippen molar-refractivity contribution in [2.24, 2.45) is 4.99 Å². The lowest BCUT2D eigenvalue weighted by atomic mass is 9.98. The van der Waals surface area contributed by atoms with Crippen LogP contribution in [0.25, 0.3) is 0 Å². The van der Waals surface area contributed by atoms with Crippen molar-refractivity contribution in [1.29, 1.82) is 0 Å². The van der Waals surface area contributed by atoms with E-state index < -0.39 is 0 Å². The predicted octanol–water partition coefficient (Wildman–Crippen LogP) is 3.44. The molecule has 2 N–H and O–H groups in total. The van der Waals surface area contributed by atoms with E-state index in [-0.39, 0.29) is 0 Å². The Hall–Kier alpha value is -2.63. The van der Waals surface area contributed by atoms with Crippen LogP contribution >= 0.6 is 0 Å². The average Bonchev–Trinajstić information content (AvgIpc) is 2.73. The van der Waals surface area contributed by atoms with Gasteiger partial charge in [0.1, 0.15) is 6.10 Å². The van der Waals surface area contributed by atoms with Gasteiger partial charge in [-0.25, -0.2) is 9.98 Å². The Balaban J connectivity index is 1.52. The van der Waals surface area contributed by atoms with Gasteiger partial charge >= 0.3 is 0 Å². The maximum absolute atomic E-state index is 5.98. The van der Waals surface area contributed by atoms with Gasteiger partial charge in [0.25, 0.3) is 0 Å². The molecule has 0 bridgehead atoms. The van der Waals surface area contributed by atoms with Crippen molar-refractivity contribution in [2.45, 2.75) is 58.2 Å². The summed E-state index contributed by atoms with van der Waals surface area (Å²) in [4.78, 5) is 13.4. The minimum Gasteiger partial charge on any atom is -0.474 e. The lowest BCUT2D eigenvalue weighted by Gasteiger charge is -2.22. The van der Waals surface area contributed by atoms with Gasteiger partial charge in [-0.15, -0.1) is 0 Å². The summed E-state index contributed by atoms with van der Waals surface area (Å²) < 4.78 is 5.98. The van der Waals surface area contributed by atoms with Crippen molar-refractivity contribution in [3.63, 3.8) is 0 Å². The highest BCUT2D eigenvalue weighted by molar-refractivity contribution is 5.79. The maximum atomic E-state index is 5.98. The number of nitrogens with one attached hydrogen (secondary N) is 2. The fourth-order valence-corrected chi connectivity index (χ4v) is 3.12. The van der Waals surface area contributed by atoms with Crippen molar-refractivity contribution in [3.05, 3.63) is 54.0 Å². The van der Waals surface area contributed by atoms with Crippen molar-refractivity contribution < 1.29 is 4.74 Å². The maximum Gasteiger partial charge on any atom is 0.213 e. The first-order valence-electron chi connectivity index (χ1n) is 9.87. The highest BCUT2D eigenvalue weighted by Crippen LogP contribution is 2.22. The monoisotopic (exact) mass is 367 g/mol. The molecule has 27 heavy (non-hydrogen) atoms. The fourth-order valence-electron chi connectivity index (χ4n) is 3.12. The molecular formula is C21H29N5O. The van der Waals surface area contributed by atoms with Crippen LogP contribution in [-0.4, -0.2) is 28.6 Å².